The van der Waals surface area contributed by atoms with Crippen molar-refractivity contribution in [3.63, 3.8) is 0 Å². The van der Waals surface area contributed by atoms with Gasteiger partial charge in [0.25, 0.3) is 0 Å². The number of hydrazine groups is 1. The van der Waals surface area contributed by atoms with Crippen LogP contribution in [0, 0.1) is 5.92 Å². The molecule has 0 spiro atoms. The second-order valence-corrected chi connectivity index (χ2v) is 8.62. The largest absolute Gasteiger partial charge is 0.444 e. The van der Waals surface area contributed by atoms with Gasteiger partial charge >= 0.3 is 6.09 Å². The summed E-state index contributed by atoms with van der Waals surface area (Å²) in [6.45, 7) is 7.47. The Kier molecular flexibility index (Phi) is 4.60. The molecule has 27 heavy (non-hydrogen) atoms. The van der Waals surface area contributed by atoms with Crippen LogP contribution < -0.4 is 15.8 Å². The molecule has 1 aromatic carbocycles. The molecular weight excluding hydrogens is 344 g/mol. The number of benzene rings is 1. The van der Waals surface area contributed by atoms with Crippen LogP contribution in [-0.2, 0) is 16.0 Å². The number of likely N-dealkylation sites (tertiary alicyclic amines) is 1. The highest BCUT2D eigenvalue weighted by molar-refractivity contribution is 5.99. The van der Waals surface area contributed by atoms with Crippen LogP contribution in [0.15, 0.2) is 24.3 Å². The molecule has 0 saturated carbocycles. The second kappa shape index (κ2) is 6.80. The number of amides is 2. The Bertz CT molecular complexity index is 745. The molecule has 2 saturated heterocycles. The van der Waals surface area contributed by atoms with E-state index in [1.165, 1.54) is 5.56 Å². The van der Waals surface area contributed by atoms with E-state index in [-0.39, 0.29) is 30.0 Å². The Labute approximate surface area is 160 Å². The fourth-order valence-electron chi connectivity index (χ4n) is 4.28. The number of carbonyl (C=O) groups is 2. The number of hydrogen-bond donors (Lipinski definition) is 2. The van der Waals surface area contributed by atoms with E-state index in [2.05, 4.69) is 16.9 Å². The Balaban J connectivity index is 1.47. The Morgan fingerprint density at radius 1 is 1.15 bits per heavy atom. The summed E-state index contributed by atoms with van der Waals surface area (Å²) in [7, 11) is 0. The number of para-hydroxylation sites is 1. The van der Waals surface area contributed by atoms with Gasteiger partial charge in [0.1, 0.15) is 11.6 Å². The van der Waals surface area contributed by atoms with E-state index in [0.29, 0.717) is 19.6 Å². The summed E-state index contributed by atoms with van der Waals surface area (Å²) >= 11 is 0. The maximum atomic E-state index is 13.3. The fourth-order valence-corrected chi connectivity index (χ4v) is 4.28. The van der Waals surface area contributed by atoms with Gasteiger partial charge in [-0.25, -0.2) is 10.2 Å². The van der Waals surface area contributed by atoms with Crippen LogP contribution in [0.25, 0.3) is 0 Å². The van der Waals surface area contributed by atoms with Crippen LogP contribution in [0.4, 0.5) is 10.5 Å². The minimum absolute atomic E-state index is 0.0338. The van der Waals surface area contributed by atoms with Gasteiger partial charge in [0.15, 0.2) is 0 Å². The third kappa shape index (κ3) is 3.53. The molecule has 2 fully saturated rings. The van der Waals surface area contributed by atoms with E-state index in [0.717, 1.165) is 18.5 Å². The predicted molar refractivity (Wildman–Crippen MR) is 102 cm³/mol. The van der Waals surface area contributed by atoms with Gasteiger partial charge in [0, 0.05) is 37.3 Å². The van der Waals surface area contributed by atoms with Crippen molar-refractivity contribution in [1.82, 2.24) is 15.8 Å². The topological polar surface area (TPSA) is 73.9 Å². The average Bonchev–Trinajstić information content (AvgIpc) is 3.23. The molecule has 3 aliphatic rings. The van der Waals surface area contributed by atoms with E-state index < -0.39 is 5.60 Å². The summed E-state index contributed by atoms with van der Waals surface area (Å²) in [5.41, 5.74) is 8.17. The Morgan fingerprint density at radius 2 is 1.93 bits per heavy atom. The Morgan fingerprint density at radius 3 is 2.70 bits per heavy atom. The minimum atomic E-state index is -0.519. The molecule has 3 unspecified atom stereocenters. The lowest BCUT2D eigenvalue weighted by Crippen LogP contribution is -2.53. The van der Waals surface area contributed by atoms with E-state index >= 15 is 0 Å². The molecule has 7 heteroatoms. The van der Waals surface area contributed by atoms with Crippen molar-refractivity contribution in [2.75, 3.05) is 24.5 Å². The summed E-state index contributed by atoms with van der Waals surface area (Å²) in [5.74, 6) is 0.109. The van der Waals surface area contributed by atoms with E-state index in [1.807, 2.05) is 43.9 Å². The average molecular weight is 372 g/mol. The SMILES string of the molecule is CC(C)(C)OC(=O)N1CCC2NNC(C(=O)N3CCc4ccccc43)C2C1. The third-order valence-electron chi connectivity index (χ3n) is 5.58. The summed E-state index contributed by atoms with van der Waals surface area (Å²) in [6, 6.07) is 7.92. The number of hydrogen-bond acceptors (Lipinski definition) is 5. The van der Waals surface area contributed by atoms with Crippen LogP contribution in [0.1, 0.15) is 32.8 Å². The van der Waals surface area contributed by atoms with Crippen molar-refractivity contribution in [2.45, 2.75) is 51.3 Å². The molecule has 0 aromatic heterocycles. The van der Waals surface area contributed by atoms with Crippen molar-refractivity contribution in [3.8, 4) is 0 Å². The van der Waals surface area contributed by atoms with Crippen molar-refractivity contribution >= 4 is 17.7 Å². The highest BCUT2D eigenvalue weighted by Crippen LogP contribution is 2.31. The van der Waals surface area contributed by atoms with Crippen LogP contribution in [0.3, 0.4) is 0 Å². The first-order valence-corrected chi connectivity index (χ1v) is 9.72. The third-order valence-corrected chi connectivity index (χ3v) is 5.58. The highest BCUT2D eigenvalue weighted by Gasteiger charge is 2.46. The maximum Gasteiger partial charge on any atom is 0.410 e. The van der Waals surface area contributed by atoms with Crippen molar-refractivity contribution < 1.29 is 14.3 Å². The number of nitrogens with zero attached hydrogens (tertiary/aromatic N) is 2. The zero-order valence-corrected chi connectivity index (χ0v) is 16.2. The molecule has 3 atom stereocenters. The summed E-state index contributed by atoms with van der Waals surface area (Å²) in [6.07, 6.45) is 1.39. The summed E-state index contributed by atoms with van der Waals surface area (Å²) < 4.78 is 5.52. The molecule has 3 aliphatic heterocycles. The molecule has 4 rings (SSSR count). The highest BCUT2D eigenvalue weighted by atomic mass is 16.6. The van der Waals surface area contributed by atoms with Crippen molar-refractivity contribution in [1.29, 1.82) is 0 Å². The van der Waals surface area contributed by atoms with Crippen LogP contribution in [0.5, 0.6) is 0 Å². The standard InChI is InChI=1S/C20H28N4O3/c1-20(2,3)27-19(26)23-10-9-15-14(12-23)17(22-21-15)18(25)24-11-8-13-6-4-5-7-16(13)24/h4-7,14-15,17,21-22H,8-12H2,1-3H3. The van der Waals surface area contributed by atoms with Gasteiger partial charge in [-0.15, -0.1) is 0 Å². The number of piperidine rings is 1. The van der Waals surface area contributed by atoms with Gasteiger partial charge in [0.2, 0.25) is 5.91 Å². The number of nitrogens with one attached hydrogen (secondary N) is 2. The molecule has 1 aromatic rings. The Hall–Kier alpha value is -2.12. The molecule has 7 nitrogen and oxygen atoms in total. The maximum absolute atomic E-state index is 13.3. The van der Waals surface area contributed by atoms with E-state index in [9.17, 15) is 9.59 Å². The zero-order valence-electron chi connectivity index (χ0n) is 16.2. The molecule has 3 heterocycles. The predicted octanol–water partition coefficient (Wildman–Crippen LogP) is 1.68. The van der Waals surface area contributed by atoms with Crippen molar-refractivity contribution in [3.05, 3.63) is 29.8 Å². The molecular formula is C20H28N4O3. The van der Waals surface area contributed by atoms with Gasteiger partial charge in [0.05, 0.1) is 0 Å². The smallest absolute Gasteiger partial charge is 0.410 e. The normalized spacial score (nSPS) is 27.3. The van der Waals surface area contributed by atoms with E-state index in [1.54, 1.807) is 4.90 Å². The molecule has 146 valence electrons. The first kappa shape index (κ1) is 18.3. The fraction of sp³-hybridized carbons (Fsp3) is 0.600. The van der Waals surface area contributed by atoms with Crippen LogP contribution in [0.2, 0.25) is 0 Å². The van der Waals surface area contributed by atoms with Crippen LogP contribution >= 0.6 is 0 Å². The second-order valence-electron chi connectivity index (χ2n) is 8.62. The number of fused-ring (bicyclic) bond motifs is 2. The zero-order chi connectivity index (χ0) is 19.2. The monoisotopic (exact) mass is 372 g/mol. The van der Waals surface area contributed by atoms with Gasteiger partial charge in [-0.3, -0.25) is 10.2 Å². The molecule has 0 bridgehead atoms. The first-order chi connectivity index (χ1) is 12.8. The number of anilines is 1. The molecule has 2 N–H and O–H groups in total. The number of carbonyl (C=O) groups excluding carboxylic acids is 2. The quantitative estimate of drug-likeness (QED) is 0.785. The minimum Gasteiger partial charge on any atom is -0.444 e. The summed E-state index contributed by atoms with van der Waals surface area (Å²) in [5, 5.41) is 0. The van der Waals surface area contributed by atoms with Crippen molar-refractivity contribution in [2.24, 2.45) is 5.92 Å². The molecule has 2 amide bonds. The van der Waals surface area contributed by atoms with Gasteiger partial charge in [-0.05, 0) is 45.2 Å². The number of ether oxygens (including phenoxy) is 1. The molecule has 0 radical (unpaired) electrons. The lowest BCUT2D eigenvalue weighted by molar-refractivity contribution is -0.121. The number of rotatable bonds is 1. The van der Waals surface area contributed by atoms with Gasteiger partial charge in [-0.1, -0.05) is 18.2 Å². The van der Waals surface area contributed by atoms with Gasteiger partial charge < -0.3 is 14.5 Å². The first-order valence-electron chi connectivity index (χ1n) is 9.72. The molecule has 0 aliphatic carbocycles. The summed E-state index contributed by atoms with van der Waals surface area (Å²) in [4.78, 5) is 29.3. The lowest BCUT2D eigenvalue weighted by atomic mass is 9.88. The van der Waals surface area contributed by atoms with Gasteiger partial charge in [-0.2, -0.15) is 0 Å². The van der Waals surface area contributed by atoms with E-state index in [4.69, 9.17) is 4.74 Å². The van der Waals surface area contributed by atoms with Crippen LogP contribution in [-0.4, -0.2) is 54.2 Å². The lowest BCUT2D eigenvalue weighted by Gasteiger charge is -2.37.